The lowest BCUT2D eigenvalue weighted by molar-refractivity contribution is 0.144. The zero-order valence-electron chi connectivity index (χ0n) is 14.9. The molecule has 2 N–H and O–H groups in total. The number of unbranched alkanes of at least 4 members (excludes halogenated alkanes) is 1. The van der Waals surface area contributed by atoms with Gasteiger partial charge in [-0.3, -0.25) is 4.90 Å². The number of hydrogen-bond donors (Lipinski definition) is 2. The Morgan fingerprint density at radius 3 is 2.39 bits per heavy atom. The van der Waals surface area contributed by atoms with Crippen molar-refractivity contribution in [3.8, 4) is 0 Å². The maximum atomic E-state index is 9.35. The molecule has 3 aliphatic rings. The summed E-state index contributed by atoms with van der Waals surface area (Å²) in [6.07, 6.45) is 13.5. The van der Waals surface area contributed by atoms with E-state index >= 15 is 0 Å². The predicted molar refractivity (Wildman–Crippen MR) is 95.8 cm³/mol. The fourth-order valence-electron chi connectivity index (χ4n) is 4.88. The molecule has 3 fully saturated rings. The first kappa shape index (κ1) is 17.7. The molecular weight excluding hydrogens is 286 g/mol. The molecule has 0 aromatic carbocycles. The molecule has 1 aliphatic carbocycles. The van der Waals surface area contributed by atoms with Gasteiger partial charge in [0.2, 0.25) is 0 Å². The minimum atomic E-state index is 0.345. The molecule has 2 saturated heterocycles. The number of likely N-dealkylation sites (tertiary alicyclic amines) is 2. The Bertz CT molecular complexity index is 325. The third kappa shape index (κ3) is 5.15. The highest BCUT2D eigenvalue weighted by atomic mass is 16.3. The number of piperidine rings is 1. The van der Waals surface area contributed by atoms with Crippen LogP contribution in [0.4, 0.5) is 0 Å². The van der Waals surface area contributed by atoms with Crippen LogP contribution in [0.25, 0.3) is 0 Å². The average Bonchev–Trinajstić information content (AvgIpc) is 3.26. The molecule has 0 amide bonds. The minimum absolute atomic E-state index is 0.345. The van der Waals surface area contributed by atoms with Gasteiger partial charge >= 0.3 is 0 Å². The Labute approximate surface area is 142 Å². The predicted octanol–water partition coefficient (Wildman–Crippen LogP) is 2.22. The van der Waals surface area contributed by atoms with Crippen LogP contribution in [-0.4, -0.2) is 72.4 Å². The third-order valence-electron chi connectivity index (χ3n) is 6.39. The number of aliphatic hydroxyl groups is 1. The van der Waals surface area contributed by atoms with Gasteiger partial charge in [0.1, 0.15) is 0 Å². The molecule has 23 heavy (non-hydrogen) atoms. The van der Waals surface area contributed by atoms with Crippen molar-refractivity contribution in [1.29, 1.82) is 0 Å². The van der Waals surface area contributed by atoms with Crippen LogP contribution in [0.1, 0.15) is 64.2 Å². The van der Waals surface area contributed by atoms with Crippen molar-refractivity contribution in [3.05, 3.63) is 0 Å². The zero-order valence-corrected chi connectivity index (χ0v) is 14.9. The molecule has 2 heterocycles. The highest BCUT2D eigenvalue weighted by Gasteiger charge is 2.27. The summed E-state index contributed by atoms with van der Waals surface area (Å²) in [7, 11) is 0. The van der Waals surface area contributed by atoms with Crippen LogP contribution < -0.4 is 5.32 Å². The van der Waals surface area contributed by atoms with Crippen LogP contribution in [0.5, 0.6) is 0 Å². The summed E-state index contributed by atoms with van der Waals surface area (Å²) in [6.45, 7) is 6.51. The Balaban J connectivity index is 1.22. The number of nitrogens with one attached hydrogen (secondary N) is 1. The Kier molecular flexibility index (Phi) is 7.18. The fourth-order valence-corrected chi connectivity index (χ4v) is 4.88. The molecule has 0 bridgehead atoms. The maximum Gasteiger partial charge on any atom is 0.0586 e. The molecule has 0 aromatic rings. The van der Waals surface area contributed by atoms with Crippen LogP contribution in [0.15, 0.2) is 0 Å². The van der Waals surface area contributed by atoms with Gasteiger partial charge in [0.25, 0.3) is 0 Å². The van der Waals surface area contributed by atoms with Gasteiger partial charge in [-0.25, -0.2) is 0 Å². The normalized spacial score (nSPS) is 28.8. The second-order valence-corrected chi connectivity index (χ2v) is 7.92. The molecular formula is C19H37N3O. The van der Waals surface area contributed by atoms with Gasteiger partial charge in [0.15, 0.2) is 0 Å². The van der Waals surface area contributed by atoms with Crippen molar-refractivity contribution in [2.24, 2.45) is 0 Å². The van der Waals surface area contributed by atoms with Gasteiger partial charge in [0, 0.05) is 18.1 Å². The first-order chi connectivity index (χ1) is 11.4. The van der Waals surface area contributed by atoms with Gasteiger partial charge in [0.05, 0.1) is 6.61 Å². The lowest BCUT2D eigenvalue weighted by Gasteiger charge is -2.36. The molecule has 1 saturated carbocycles. The highest BCUT2D eigenvalue weighted by Crippen LogP contribution is 2.26. The monoisotopic (exact) mass is 323 g/mol. The zero-order chi connectivity index (χ0) is 15.9. The van der Waals surface area contributed by atoms with E-state index in [1.807, 2.05) is 0 Å². The van der Waals surface area contributed by atoms with Crippen molar-refractivity contribution in [2.45, 2.75) is 82.3 Å². The van der Waals surface area contributed by atoms with E-state index in [1.54, 1.807) is 0 Å². The average molecular weight is 324 g/mol. The van der Waals surface area contributed by atoms with Crippen molar-refractivity contribution in [1.82, 2.24) is 15.1 Å². The van der Waals surface area contributed by atoms with Gasteiger partial charge in [-0.15, -0.1) is 0 Å². The minimum Gasteiger partial charge on any atom is -0.395 e. The topological polar surface area (TPSA) is 38.7 Å². The molecule has 0 aromatic heterocycles. The first-order valence-corrected chi connectivity index (χ1v) is 10.2. The maximum absolute atomic E-state index is 9.35. The van der Waals surface area contributed by atoms with E-state index in [0.717, 1.165) is 12.1 Å². The van der Waals surface area contributed by atoms with E-state index in [-0.39, 0.29) is 0 Å². The van der Waals surface area contributed by atoms with E-state index in [9.17, 15) is 5.11 Å². The quantitative estimate of drug-likeness (QED) is 0.672. The van der Waals surface area contributed by atoms with Gasteiger partial charge in [-0.2, -0.15) is 0 Å². The van der Waals surface area contributed by atoms with Crippen LogP contribution >= 0.6 is 0 Å². The summed E-state index contributed by atoms with van der Waals surface area (Å²) in [4.78, 5) is 5.24. The largest absolute Gasteiger partial charge is 0.395 e. The van der Waals surface area contributed by atoms with E-state index in [0.29, 0.717) is 12.6 Å². The lowest BCUT2D eigenvalue weighted by Crippen LogP contribution is -2.46. The fraction of sp³-hybridized carbons (Fsp3) is 1.00. The highest BCUT2D eigenvalue weighted by molar-refractivity contribution is 4.84. The van der Waals surface area contributed by atoms with Gasteiger partial charge in [-0.1, -0.05) is 12.8 Å². The number of nitrogens with zero attached hydrogens (tertiary/aromatic N) is 2. The molecule has 134 valence electrons. The number of hydrogen-bond acceptors (Lipinski definition) is 4. The summed E-state index contributed by atoms with van der Waals surface area (Å²) in [6, 6.07) is 2.11. The smallest absolute Gasteiger partial charge is 0.0586 e. The standard InChI is InChI=1S/C19H37N3O/c23-16-19-8-5-13-21(19)12-4-3-11-20-17-9-14-22(15-10-17)18-6-1-2-7-18/h17-20,23H,1-16H2. The molecule has 0 radical (unpaired) electrons. The number of rotatable bonds is 8. The second kappa shape index (κ2) is 9.36. The SMILES string of the molecule is OCC1CCCN1CCCCNC1CCN(C2CCCC2)CC1. The van der Waals surface area contributed by atoms with E-state index in [1.165, 1.54) is 96.9 Å². The van der Waals surface area contributed by atoms with E-state index in [4.69, 9.17) is 0 Å². The van der Waals surface area contributed by atoms with Crippen LogP contribution in [0, 0.1) is 0 Å². The third-order valence-corrected chi connectivity index (χ3v) is 6.39. The van der Waals surface area contributed by atoms with Crippen molar-refractivity contribution >= 4 is 0 Å². The number of aliphatic hydroxyl groups excluding tert-OH is 1. The summed E-state index contributed by atoms with van der Waals surface area (Å²) < 4.78 is 0. The Hall–Kier alpha value is -0.160. The van der Waals surface area contributed by atoms with Crippen molar-refractivity contribution in [2.75, 3.05) is 39.3 Å². The van der Waals surface area contributed by atoms with Crippen LogP contribution in [0.2, 0.25) is 0 Å². The lowest BCUT2D eigenvalue weighted by atomic mass is 10.0. The van der Waals surface area contributed by atoms with Gasteiger partial charge in [-0.05, 0) is 84.1 Å². The molecule has 2 aliphatic heterocycles. The van der Waals surface area contributed by atoms with Gasteiger partial charge < -0.3 is 15.3 Å². The molecule has 4 nitrogen and oxygen atoms in total. The van der Waals surface area contributed by atoms with Crippen molar-refractivity contribution in [3.63, 3.8) is 0 Å². The van der Waals surface area contributed by atoms with Crippen LogP contribution in [-0.2, 0) is 0 Å². The van der Waals surface area contributed by atoms with Crippen LogP contribution in [0.3, 0.4) is 0 Å². The Morgan fingerprint density at radius 2 is 1.65 bits per heavy atom. The summed E-state index contributed by atoms with van der Waals surface area (Å²) in [5, 5.41) is 13.1. The molecule has 4 heteroatoms. The summed E-state index contributed by atoms with van der Waals surface area (Å²) in [5.41, 5.74) is 0. The summed E-state index contributed by atoms with van der Waals surface area (Å²) >= 11 is 0. The molecule has 1 unspecified atom stereocenters. The van der Waals surface area contributed by atoms with E-state index in [2.05, 4.69) is 15.1 Å². The molecule has 0 spiro atoms. The molecule has 3 rings (SSSR count). The second-order valence-electron chi connectivity index (χ2n) is 7.92. The summed E-state index contributed by atoms with van der Waals surface area (Å²) in [5.74, 6) is 0. The van der Waals surface area contributed by atoms with E-state index < -0.39 is 0 Å². The Morgan fingerprint density at radius 1 is 0.870 bits per heavy atom. The first-order valence-electron chi connectivity index (χ1n) is 10.2. The molecule has 1 atom stereocenters. The van der Waals surface area contributed by atoms with Crippen molar-refractivity contribution < 1.29 is 5.11 Å².